The molecule has 3 saturated carbocycles. The molecule has 114 valence electrons. The lowest BCUT2D eigenvalue weighted by atomic mass is 9.61. The van der Waals surface area contributed by atoms with Gasteiger partial charge in [-0.05, 0) is 93.3 Å². The number of allylic oxidation sites excluding steroid dienone is 1. The first kappa shape index (κ1) is 14.6. The first-order valence-electron chi connectivity index (χ1n) is 8.98. The van der Waals surface area contributed by atoms with Gasteiger partial charge in [-0.1, -0.05) is 13.0 Å². The van der Waals surface area contributed by atoms with Crippen LogP contribution in [0.1, 0.15) is 64.7 Å². The van der Waals surface area contributed by atoms with E-state index in [1.807, 2.05) is 0 Å². The van der Waals surface area contributed by atoms with Crippen LogP contribution in [0, 0.1) is 35.5 Å². The highest BCUT2D eigenvalue weighted by atomic mass is 16.3. The highest BCUT2D eigenvalue weighted by molar-refractivity contribution is 4.93. The summed E-state index contributed by atoms with van der Waals surface area (Å²) < 4.78 is 0. The number of rotatable bonds is 2. The van der Waals surface area contributed by atoms with Gasteiger partial charge >= 0.3 is 0 Å². The third kappa shape index (κ3) is 2.98. The smallest absolute Gasteiger partial charge is 0.0568 e. The van der Waals surface area contributed by atoms with Crippen molar-refractivity contribution in [1.82, 2.24) is 0 Å². The van der Waals surface area contributed by atoms with Crippen LogP contribution >= 0.6 is 0 Å². The third-order valence-corrected chi connectivity index (χ3v) is 6.89. The Morgan fingerprint density at radius 2 is 1.35 bits per heavy atom. The second-order valence-electron chi connectivity index (χ2n) is 8.02. The van der Waals surface area contributed by atoms with Crippen LogP contribution in [0.4, 0.5) is 0 Å². The van der Waals surface area contributed by atoms with Gasteiger partial charge in [-0.15, -0.1) is 6.58 Å². The van der Waals surface area contributed by atoms with Gasteiger partial charge in [-0.25, -0.2) is 0 Å². The molecule has 3 fully saturated rings. The fourth-order valence-corrected chi connectivity index (χ4v) is 5.36. The van der Waals surface area contributed by atoms with Gasteiger partial charge in [0.1, 0.15) is 0 Å². The lowest BCUT2D eigenvalue weighted by molar-refractivity contribution is 0.0104. The summed E-state index contributed by atoms with van der Waals surface area (Å²) in [5, 5.41) is 10.2. The molecule has 3 rings (SSSR count). The van der Waals surface area contributed by atoms with Gasteiger partial charge in [0.25, 0.3) is 0 Å². The third-order valence-electron chi connectivity index (χ3n) is 6.89. The van der Waals surface area contributed by atoms with Crippen molar-refractivity contribution in [1.29, 1.82) is 0 Å². The quantitative estimate of drug-likeness (QED) is 0.718. The molecule has 0 heterocycles. The lowest BCUT2D eigenvalue weighted by Gasteiger charge is -2.45. The maximum atomic E-state index is 10.2. The van der Waals surface area contributed by atoms with Crippen molar-refractivity contribution in [3.05, 3.63) is 12.7 Å². The Balaban J connectivity index is 1.55. The molecule has 3 aliphatic carbocycles. The minimum Gasteiger partial charge on any atom is -0.393 e. The minimum atomic E-state index is -0.0250. The number of aliphatic hydroxyl groups excluding tert-OH is 1. The van der Waals surface area contributed by atoms with Crippen molar-refractivity contribution in [3.63, 3.8) is 0 Å². The Morgan fingerprint density at radius 3 is 2.00 bits per heavy atom. The van der Waals surface area contributed by atoms with E-state index in [9.17, 15) is 5.11 Å². The number of aliphatic hydroxyl groups is 1. The first-order valence-corrected chi connectivity index (χ1v) is 8.98. The first-order chi connectivity index (χ1) is 9.67. The second-order valence-corrected chi connectivity index (χ2v) is 8.02. The van der Waals surface area contributed by atoms with Crippen molar-refractivity contribution in [3.8, 4) is 0 Å². The predicted molar refractivity (Wildman–Crippen MR) is 84.4 cm³/mol. The summed E-state index contributed by atoms with van der Waals surface area (Å²) in [5.41, 5.74) is 0. The van der Waals surface area contributed by atoms with Gasteiger partial charge < -0.3 is 5.11 Å². The van der Waals surface area contributed by atoms with E-state index in [0.717, 1.165) is 36.0 Å². The van der Waals surface area contributed by atoms with Gasteiger partial charge in [-0.2, -0.15) is 0 Å². The van der Waals surface area contributed by atoms with Crippen LogP contribution in [0.2, 0.25) is 0 Å². The Bertz CT molecular complexity index is 337. The number of hydrogen-bond donors (Lipinski definition) is 1. The molecule has 7 unspecified atom stereocenters. The molecule has 0 amide bonds. The fraction of sp³-hybridized carbons (Fsp3) is 0.895. The Hall–Kier alpha value is -0.300. The maximum Gasteiger partial charge on any atom is 0.0568 e. The van der Waals surface area contributed by atoms with E-state index in [-0.39, 0.29) is 6.10 Å². The zero-order chi connectivity index (χ0) is 14.1. The van der Waals surface area contributed by atoms with E-state index < -0.39 is 0 Å². The van der Waals surface area contributed by atoms with Crippen molar-refractivity contribution in [2.24, 2.45) is 35.5 Å². The molecule has 0 aromatic carbocycles. The van der Waals surface area contributed by atoms with Crippen LogP contribution in [0.3, 0.4) is 0 Å². The van der Waals surface area contributed by atoms with Gasteiger partial charge in [-0.3, -0.25) is 0 Å². The maximum absolute atomic E-state index is 10.2. The summed E-state index contributed by atoms with van der Waals surface area (Å²) in [4.78, 5) is 0. The zero-order valence-electron chi connectivity index (χ0n) is 13.1. The molecule has 0 radical (unpaired) electrons. The van der Waals surface area contributed by atoms with Crippen LogP contribution in [-0.2, 0) is 0 Å². The fourth-order valence-electron chi connectivity index (χ4n) is 5.36. The monoisotopic (exact) mass is 276 g/mol. The average Bonchev–Trinajstić information content (AvgIpc) is 2.49. The lowest BCUT2D eigenvalue weighted by Crippen LogP contribution is -2.37. The van der Waals surface area contributed by atoms with Crippen molar-refractivity contribution in [2.45, 2.75) is 70.8 Å². The molecule has 0 bridgehead atoms. The Kier molecular flexibility index (Phi) is 4.55. The summed E-state index contributed by atoms with van der Waals surface area (Å²) in [7, 11) is 0. The molecule has 3 aliphatic rings. The molecule has 1 nitrogen and oxygen atoms in total. The highest BCUT2D eigenvalue weighted by Crippen LogP contribution is 2.49. The number of hydrogen-bond acceptors (Lipinski definition) is 1. The molecule has 1 heteroatoms. The minimum absolute atomic E-state index is 0.0250. The van der Waals surface area contributed by atoms with Crippen molar-refractivity contribution in [2.75, 3.05) is 0 Å². The summed E-state index contributed by atoms with van der Waals surface area (Å²) in [6, 6.07) is 0. The van der Waals surface area contributed by atoms with Gasteiger partial charge in [0, 0.05) is 0 Å². The van der Waals surface area contributed by atoms with Crippen LogP contribution in [-0.4, -0.2) is 11.2 Å². The normalized spacial score (nSPS) is 49.4. The van der Waals surface area contributed by atoms with E-state index in [1.165, 1.54) is 51.4 Å². The zero-order valence-corrected chi connectivity index (χ0v) is 13.1. The molecule has 0 spiro atoms. The van der Waals surface area contributed by atoms with E-state index in [1.54, 1.807) is 0 Å². The van der Waals surface area contributed by atoms with E-state index in [0.29, 0.717) is 5.92 Å². The molecule has 0 aromatic rings. The molecule has 7 atom stereocenters. The second kappa shape index (κ2) is 6.22. The molecular weight excluding hydrogens is 244 g/mol. The molecule has 1 N–H and O–H groups in total. The number of fused-ring (bicyclic) bond motifs is 1. The molecule has 0 saturated heterocycles. The summed E-state index contributed by atoms with van der Waals surface area (Å²) >= 11 is 0. The van der Waals surface area contributed by atoms with E-state index in [4.69, 9.17) is 0 Å². The van der Waals surface area contributed by atoms with E-state index >= 15 is 0 Å². The topological polar surface area (TPSA) is 20.2 Å². The average molecular weight is 276 g/mol. The van der Waals surface area contributed by atoms with Crippen molar-refractivity contribution < 1.29 is 5.11 Å². The molecule has 0 aromatic heterocycles. The van der Waals surface area contributed by atoms with Gasteiger partial charge in [0.15, 0.2) is 0 Å². The highest BCUT2D eigenvalue weighted by Gasteiger charge is 2.39. The van der Waals surface area contributed by atoms with Gasteiger partial charge in [0.2, 0.25) is 0 Å². The van der Waals surface area contributed by atoms with Crippen LogP contribution in [0.5, 0.6) is 0 Å². The summed E-state index contributed by atoms with van der Waals surface area (Å²) in [6.07, 6.45) is 14.4. The van der Waals surface area contributed by atoms with Crippen LogP contribution in [0.15, 0.2) is 12.7 Å². The molecular formula is C19H32O. The van der Waals surface area contributed by atoms with Crippen LogP contribution in [0.25, 0.3) is 0 Å². The molecule has 0 aliphatic heterocycles. The largest absolute Gasteiger partial charge is 0.393 e. The Labute approximate surface area is 124 Å². The molecule has 20 heavy (non-hydrogen) atoms. The standard InChI is InChI=1S/C19H32O/c1-3-14-5-7-16-11-17(9-8-15(16)10-14)18-6-4-13(2)19(20)12-18/h3,13-20H,1,4-12H2,2H3. The van der Waals surface area contributed by atoms with Crippen LogP contribution < -0.4 is 0 Å². The summed E-state index contributed by atoms with van der Waals surface area (Å²) in [5.74, 6) is 5.03. The van der Waals surface area contributed by atoms with Crippen molar-refractivity contribution >= 4 is 0 Å². The Morgan fingerprint density at radius 1 is 0.800 bits per heavy atom. The van der Waals surface area contributed by atoms with E-state index in [2.05, 4.69) is 19.6 Å². The predicted octanol–water partition coefficient (Wildman–Crippen LogP) is 4.80. The summed E-state index contributed by atoms with van der Waals surface area (Å²) in [6.45, 7) is 6.21. The SMILES string of the molecule is C=CC1CCC2CC(C3CCC(C)C(O)C3)CCC2C1. The van der Waals surface area contributed by atoms with Gasteiger partial charge in [0.05, 0.1) is 6.10 Å².